The predicted molar refractivity (Wildman–Crippen MR) is 73.7 cm³/mol. The maximum absolute atomic E-state index is 13.6. The molecule has 0 fully saturated rings. The Morgan fingerprint density at radius 2 is 1.78 bits per heavy atom. The van der Waals surface area contributed by atoms with Crippen molar-refractivity contribution >= 4 is 54.8 Å². The first-order valence-electron chi connectivity index (χ1n) is 4.64. The largest absolute Gasteiger partial charge is 0.204 e. The maximum atomic E-state index is 13.6. The van der Waals surface area contributed by atoms with Gasteiger partial charge in [-0.05, 0) is 44.0 Å². The average molecular weight is 420 g/mol. The SMILES string of the molecule is Fc1ccc(C(Cl)c2cc(Br)c(Br)s2)c(F)c1F. The zero-order valence-electron chi connectivity index (χ0n) is 8.49. The second-order valence-electron chi connectivity index (χ2n) is 3.40. The van der Waals surface area contributed by atoms with E-state index in [1.807, 2.05) is 0 Å². The molecule has 1 aromatic heterocycles. The second-order valence-corrected chi connectivity index (χ2v) is 7.09. The highest BCUT2D eigenvalue weighted by Gasteiger charge is 2.22. The topological polar surface area (TPSA) is 0 Å². The van der Waals surface area contributed by atoms with Crippen LogP contribution in [-0.2, 0) is 0 Å². The molecule has 0 aliphatic carbocycles. The summed E-state index contributed by atoms with van der Waals surface area (Å²) in [7, 11) is 0. The smallest absolute Gasteiger partial charge is 0.194 e. The van der Waals surface area contributed by atoms with Crippen molar-refractivity contribution in [1.82, 2.24) is 0 Å². The minimum atomic E-state index is -1.51. The zero-order valence-corrected chi connectivity index (χ0v) is 13.2. The molecular weight excluding hydrogens is 416 g/mol. The van der Waals surface area contributed by atoms with Gasteiger partial charge in [0.05, 0.1) is 9.16 Å². The Labute approximate surface area is 127 Å². The van der Waals surface area contributed by atoms with Gasteiger partial charge in [0.2, 0.25) is 0 Å². The van der Waals surface area contributed by atoms with Crippen LogP contribution in [0.3, 0.4) is 0 Å². The molecule has 0 radical (unpaired) electrons. The first-order valence-corrected chi connectivity index (χ1v) is 7.48. The molecule has 0 nitrogen and oxygen atoms in total. The summed E-state index contributed by atoms with van der Waals surface area (Å²) in [5, 5.41) is -0.868. The lowest BCUT2D eigenvalue weighted by molar-refractivity contribution is 0.441. The van der Waals surface area contributed by atoms with Gasteiger partial charge in [-0.1, -0.05) is 6.07 Å². The highest BCUT2D eigenvalue weighted by Crippen LogP contribution is 2.41. The van der Waals surface area contributed by atoms with Crippen LogP contribution in [0, 0.1) is 17.5 Å². The van der Waals surface area contributed by atoms with Gasteiger partial charge in [0, 0.05) is 14.9 Å². The molecule has 0 aliphatic rings. The van der Waals surface area contributed by atoms with E-state index in [4.69, 9.17) is 11.6 Å². The summed E-state index contributed by atoms with van der Waals surface area (Å²) in [4.78, 5) is 0.625. The quantitative estimate of drug-likeness (QED) is 0.412. The van der Waals surface area contributed by atoms with Crippen LogP contribution in [0.1, 0.15) is 15.8 Å². The lowest BCUT2D eigenvalue weighted by atomic mass is 10.1. The van der Waals surface area contributed by atoms with Crippen LogP contribution in [0.2, 0.25) is 0 Å². The van der Waals surface area contributed by atoms with Crippen molar-refractivity contribution in [3.05, 3.63) is 54.4 Å². The number of thiophene rings is 1. The number of benzene rings is 1. The fraction of sp³-hybridized carbons (Fsp3) is 0.0909. The third kappa shape index (κ3) is 2.61. The second kappa shape index (κ2) is 5.53. The Hall–Kier alpha value is -0.0400. The molecule has 1 aromatic carbocycles. The van der Waals surface area contributed by atoms with E-state index >= 15 is 0 Å². The summed E-state index contributed by atoms with van der Waals surface area (Å²) in [6.45, 7) is 0. The van der Waals surface area contributed by atoms with E-state index in [-0.39, 0.29) is 5.56 Å². The normalized spacial score (nSPS) is 12.8. The van der Waals surface area contributed by atoms with Crippen molar-refractivity contribution in [1.29, 1.82) is 0 Å². The minimum absolute atomic E-state index is 0.0863. The van der Waals surface area contributed by atoms with E-state index in [9.17, 15) is 13.2 Å². The zero-order chi connectivity index (χ0) is 13.4. The van der Waals surface area contributed by atoms with Crippen LogP contribution >= 0.6 is 54.8 Å². The van der Waals surface area contributed by atoms with E-state index in [2.05, 4.69) is 31.9 Å². The van der Waals surface area contributed by atoms with Crippen molar-refractivity contribution in [3.63, 3.8) is 0 Å². The summed E-state index contributed by atoms with van der Waals surface area (Å²) in [6.07, 6.45) is 0. The molecule has 0 amide bonds. The molecule has 2 rings (SSSR count). The molecule has 7 heteroatoms. The molecule has 0 aliphatic heterocycles. The number of hydrogen-bond acceptors (Lipinski definition) is 1. The Kier molecular flexibility index (Phi) is 4.41. The van der Waals surface area contributed by atoms with Gasteiger partial charge in [-0.3, -0.25) is 0 Å². The van der Waals surface area contributed by atoms with Crippen LogP contribution in [0.4, 0.5) is 13.2 Å². The molecule has 96 valence electrons. The van der Waals surface area contributed by atoms with Crippen LogP contribution in [0.5, 0.6) is 0 Å². The number of rotatable bonds is 2. The Balaban J connectivity index is 2.46. The van der Waals surface area contributed by atoms with Crippen LogP contribution < -0.4 is 0 Å². The van der Waals surface area contributed by atoms with Gasteiger partial charge in [0.15, 0.2) is 17.5 Å². The van der Waals surface area contributed by atoms with E-state index in [0.29, 0.717) is 4.88 Å². The maximum Gasteiger partial charge on any atom is 0.194 e. The summed E-state index contributed by atoms with van der Waals surface area (Å²) >= 11 is 13.9. The molecule has 1 atom stereocenters. The van der Waals surface area contributed by atoms with Crippen LogP contribution in [0.25, 0.3) is 0 Å². The summed E-state index contributed by atoms with van der Waals surface area (Å²) < 4.78 is 41.1. The summed E-state index contributed by atoms with van der Waals surface area (Å²) in [5.74, 6) is -3.99. The van der Waals surface area contributed by atoms with Crippen molar-refractivity contribution in [2.75, 3.05) is 0 Å². The van der Waals surface area contributed by atoms with Gasteiger partial charge in [-0.15, -0.1) is 22.9 Å². The van der Waals surface area contributed by atoms with Gasteiger partial charge >= 0.3 is 0 Å². The lowest BCUT2D eigenvalue weighted by Gasteiger charge is -2.09. The van der Waals surface area contributed by atoms with Crippen molar-refractivity contribution in [2.45, 2.75) is 5.38 Å². The molecule has 0 bridgehead atoms. The third-order valence-corrected chi connectivity index (χ3v) is 6.17. The molecule has 1 unspecified atom stereocenters. The first kappa shape index (κ1) is 14.4. The molecule has 0 spiro atoms. The molecule has 1 heterocycles. The highest BCUT2D eigenvalue weighted by atomic mass is 79.9. The van der Waals surface area contributed by atoms with E-state index < -0.39 is 22.8 Å². The molecule has 0 saturated heterocycles. The summed E-state index contributed by atoms with van der Waals surface area (Å²) in [5.41, 5.74) is -0.0863. The first-order chi connectivity index (χ1) is 8.41. The molecule has 2 aromatic rings. The third-order valence-electron chi connectivity index (χ3n) is 2.25. The van der Waals surface area contributed by atoms with E-state index in [1.165, 1.54) is 11.3 Å². The Morgan fingerprint density at radius 1 is 1.11 bits per heavy atom. The van der Waals surface area contributed by atoms with Gasteiger partial charge in [-0.2, -0.15) is 0 Å². The fourth-order valence-electron chi connectivity index (χ4n) is 1.38. The highest BCUT2D eigenvalue weighted by molar-refractivity contribution is 9.13. The lowest BCUT2D eigenvalue weighted by Crippen LogP contribution is -2.00. The van der Waals surface area contributed by atoms with Crippen LogP contribution in [-0.4, -0.2) is 0 Å². The Morgan fingerprint density at radius 3 is 2.33 bits per heavy atom. The monoisotopic (exact) mass is 418 g/mol. The number of hydrogen-bond donors (Lipinski definition) is 0. The van der Waals surface area contributed by atoms with E-state index in [0.717, 1.165) is 20.4 Å². The van der Waals surface area contributed by atoms with E-state index in [1.54, 1.807) is 6.07 Å². The van der Waals surface area contributed by atoms with Gasteiger partial charge in [0.1, 0.15) is 0 Å². The summed E-state index contributed by atoms with van der Waals surface area (Å²) in [6, 6.07) is 3.71. The number of halogens is 6. The van der Waals surface area contributed by atoms with Gasteiger partial charge in [-0.25, -0.2) is 13.2 Å². The van der Waals surface area contributed by atoms with Crippen LogP contribution in [0.15, 0.2) is 26.5 Å². The Bertz CT molecular complexity index is 581. The fourth-order valence-corrected chi connectivity index (χ4v) is 3.83. The number of alkyl halides is 1. The molecule has 0 saturated carbocycles. The van der Waals surface area contributed by atoms with Gasteiger partial charge in [0.25, 0.3) is 0 Å². The molecule has 18 heavy (non-hydrogen) atoms. The van der Waals surface area contributed by atoms with Gasteiger partial charge < -0.3 is 0 Å². The van der Waals surface area contributed by atoms with Crippen molar-refractivity contribution in [3.8, 4) is 0 Å². The predicted octanol–water partition coefficient (Wildman–Crippen LogP) is 6.02. The molecule has 0 N–H and O–H groups in total. The standard InChI is InChI=1S/C11H4Br2ClF3S/c12-5-3-7(18-11(5)13)8(14)4-1-2-6(15)10(17)9(4)16/h1-3,8H. The molecular formula is C11H4Br2ClF3S. The minimum Gasteiger partial charge on any atom is -0.204 e. The van der Waals surface area contributed by atoms with Crippen molar-refractivity contribution in [2.24, 2.45) is 0 Å². The average Bonchev–Trinajstić information content (AvgIpc) is 2.66. The van der Waals surface area contributed by atoms with Crippen molar-refractivity contribution < 1.29 is 13.2 Å².